The molecule has 0 fully saturated rings. The van der Waals surface area contributed by atoms with Crippen molar-refractivity contribution in [1.29, 1.82) is 0 Å². The second kappa shape index (κ2) is 3.64. The normalized spacial score (nSPS) is 9.40. The summed E-state index contributed by atoms with van der Waals surface area (Å²) in [6.07, 6.45) is 0. The Balaban J connectivity index is 3.74. The Kier molecular flexibility index (Phi) is 2.54. The van der Waals surface area contributed by atoms with Crippen molar-refractivity contribution in [2.75, 3.05) is 0 Å². The molecule has 0 radical (unpaired) electrons. The molecule has 78 valence electrons. The van der Waals surface area contributed by atoms with Crippen molar-refractivity contribution in [2.45, 2.75) is 0 Å². The van der Waals surface area contributed by atoms with Crippen LogP contribution >= 0.6 is 0 Å². The molecular formula is C5H4N6O4. The highest BCUT2D eigenvalue weighted by atomic mass is 16.7. The smallest absolute Gasteiger partial charge is 0.290 e. The van der Waals surface area contributed by atoms with Crippen LogP contribution in [0.1, 0.15) is 0 Å². The minimum atomic E-state index is -1.19. The van der Waals surface area contributed by atoms with E-state index in [1.807, 2.05) is 0 Å². The topological polar surface area (TPSA) is 136 Å². The zero-order chi connectivity index (χ0) is 11.6. The van der Waals surface area contributed by atoms with Crippen LogP contribution in [0.3, 0.4) is 0 Å². The molecule has 0 aliphatic rings. The average Bonchev–Trinajstić information content (AvgIpc) is 2.13. The first kappa shape index (κ1) is 10.5. The van der Waals surface area contributed by atoms with E-state index < -0.39 is 16.3 Å². The van der Waals surface area contributed by atoms with Crippen LogP contribution in [0.25, 0.3) is 10.4 Å². The molecule has 1 rings (SSSR count). The summed E-state index contributed by atoms with van der Waals surface area (Å²) in [6, 6.07) is 0.698. The van der Waals surface area contributed by atoms with Crippen LogP contribution in [0.4, 0.5) is 5.82 Å². The molecule has 0 aromatic carbocycles. The molecule has 0 bridgehead atoms. The summed E-state index contributed by atoms with van der Waals surface area (Å²) in [4.78, 5) is 35.0. The summed E-state index contributed by atoms with van der Waals surface area (Å²) < 4.78 is 0.514. The number of nitro groups is 1. The second-order valence-electron chi connectivity index (χ2n) is 2.42. The summed E-state index contributed by atoms with van der Waals surface area (Å²) >= 11 is 0. The quantitative estimate of drug-likeness (QED) is 0.215. The van der Waals surface area contributed by atoms with Gasteiger partial charge >= 0.3 is 11.2 Å². The molecule has 10 heteroatoms. The highest BCUT2D eigenvalue weighted by molar-refractivity contribution is 5.24. The van der Waals surface area contributed by atoms with Crippen molar-refractivity contribution in [3.63, 3.8) is 0 Å². The molecule has 0 saturated heterocycles. The van der Waals surface area contributed by atoms with Crippen molar-refractivity contribution < 1.29 is 5.03 Å². The van der Waals surface area contributed by atoms with Gasteiger partial charge in [-0.1, -0.05) is 0 Å². The van der Waals surface area contributed by atoms with E-state index in [9.17, 15) is 19.7 Å². The van der Waals surface area contributed by atoms with Gasteiger partial charge in [0.25, 0.3) is 0 Å². The third-order valence-corrected chi connectivity index (χ3v) is 1.58. The van der Waals surface area contributed by atoms with Gasteiger partial charge in [0.05, 0.1) is 0 Å². The Morgan fingerprint density at radius 2 is 2.20 bits per heavy atom. The molecule has 0 aliphatic carbocycles. The molecule has 1 aromatic rings. The van der Waals surface area contributed by atoms with Crippen LogP contribution < -0.4 is 11.2 Å². The molecule has 0 amide bonds. The van der Waals surface area contributed by atoms with Crippen molar-refractivity contribution in [1.82, 2.24) is 9.24 Å². The minimum Gasteiger partial charge on any atom is -0.290 e. The summed E-state index contributed by atoms with van der Waals surface area (Å²) in [7, 11) is 1.14. The Morgan fingerprint density at radius 1 is 1.60 bits per heavy atom. The predicted octanol–water partition coefficient (Wildman–Crippen LogP) is -0.471. The Morgan fingerprint density at radius 3 is 2.67 bits per heavy atom. The maximum Gasteiger partial charge on any atom is 0.392 e. The third kappa shape index (κ3) is 1.69. The molecule has 0 N–H and O–H groups in total. The third-order valence-electron chi connectivity index (χ3n) is 1.58. The fraction of sp³-hybridized carbons (Fsp3) is 0.200. The number of nitrogens with zero attached hydrogens (tertiary/aromatic N) is 6. The van der Waals surface area contributed by atoms with Crippen molar-refractivity contribution in [3.05, 3.63) is 47.5 Å². The van der Waals surface area contributed by atoms with Gasteiger partial charge in [-0.2, -0.15) is 0 Å². The fourth-order valence-corrected chi connectivity index (χ4v) is 0.895. The van der Waals surface area contributed by atoms with E-state index in [0.29, 0.717) is 10.6 Å². The van der Waals surface area contributed by atoms with E-state index >= 15 is 0 Å². The van der Waals surface area contributed by atoms with Gasteiger partial charge in [-0.15, -0.1) is 0 Å². The van der Waals surface area contributed by atoms with E-state index in [1.54, 1.807) is 0 Å². The number of hydrogen-bond donors (Lipinski definition) is 0. The SMILES string of the molecule is Cn1c(N=[N+]=[N-])cc(=O)n([N+](=O)[O-])c1=O. The molecule has 0 atom stereocenters. The summed E-state index contributed by atoms with van der Waals surface area (Å²) in [6.45, 7) is 0. The van der Waals surface area contributed by atoms with Crippen molar-refractivity contribution in [2.24, 2.45) is 12.2 Å². The van der Waals surface area contributed by atoms with E-state index in [4.69, 9.17) is 5.53 Å². The van der Waals surface area contributed by atoms with E-state index in [-0.39, 0.29) is 10.5 Å². The van der Waals surface area contributed by atoms with Gasteiger partial charge in [0.15, 0.2) is 5.03 Å². The van der Waals surface area contributed by atoms with Gasteiger partial charge < -0.3 is 0 Å². The largest absolute Gasteiger partial charge is 0.392 e. The zero-order valence-electron chi connectivity index (χ0n) is 7.39. The van der Waals surface area contributed by atoms with E-state index in [0.717, 1.165) is 7.05 Å². The second-order valence-corrected chi connectivity index (χ2v) is 2.42. The number of rotatable bonds is 2. The summed E-state index contributed by atoms with van der Waals surface area (Å²) in [5.74, 6) is -0.286. The number of hydrogen-bond acceptors (Lipinski definition) is 5. The number of aromatic nitrogens is 2. The van der Waals surface area contributed by atoms with Crippen LogP contribution in [0.15, 0.2) is 20.8 Å². The van der Waals surface area contributed by atoms with Crippen molar-refractivity contribution in [3.8, 4) is 0 Å². The number of azide groups is 1. The standard InChI is InChI=1S/C5H4N6O4/c1-9-3(7-8-6)2-4(12)10(5(9)13)11(14)15/h2H,1H3. The summed E-state index contributed by atoms with van der Waals surface area (Å²) in [5.41, 5.74) is 5.76. The summed E-state index contributed by atoms with van der Waals surface area (Å²) in [5, 5.41) is 12.2. The van der Waals surface area contributed by atoms with Crippen LogP contribution in [-0.4, -0.2) is 14.3 Å². The first-order valence-electron chi connectivity index (χ1n) is 3.52. The minimum absolute atomic E-state index is 0.184. The van der Waals surface area contributed by atoms with Gasteiger partial charge in [-0.3, -0.25) is 9.36 Å². The molecule has 0 unspecified atom stereocenters. The molecule has 0 spiro atoms. The Hall–Kier alpha value is -2.61. The molecule has 0 aliphatic heterocycles. The molecule has 0 saturated carbocycles. The van der Waals surface area contributed by atoms with Crippen LogP contribution in [0.5, 0.6) is 0 Å². The van der Waals surface area contributed by atoms with Crippen molar-refractivity contribution >= 4 is 5.82 Å². The van der Waals surface area contributed by atoms with Gasteiger partial charge in [-0.25, -0.2) is 14.9 Å². The lowest BCUT2D eigenvalue weighted by Crippen LogP contribution is -2.42. The van der Waals surface area contributed by atoms with Gasteiger partial charge in [0.2, 0.25) is 0 Å². The first-order valence-corrected chi connectivity index (χ1v) is 3.52. The lowest BCUT2D eigenvalue weighted by atomic mass is 10.6. The zero-order valence-corrected chi connectivity index (χ0v) is 7.39. The average molecular weight is 212 g/mol. The van der Waals surface area contributed by atoms with Crippen LogP contribution in [-0.2, 0) is 7.05 Å². The monoisotopic (exact) mass is 212 g/mol. The van der Waals surface area contributed by atoms with Gasteiger partial charge in [-0.05, 0) is 10.6 Å². The highest BCUT2D eigenvalue weighted by Crippen LogP contribution is 2.03. The van der Waals surface area contributed by atoms with Crippen LogP contribution in [0, 0.1) is 10.1 Å². The Bertz CT molecular complexity index is 576. The Labute approximate surface area is 80.7 Å². The first-order chi connectivity index (χ1) is 6.99. The molecule has 1 aromatic heterocycles. The predicted molar refractivity (Wildman–Crippen MR) is 47.1 cm³/mol. The highest BCUT2D eigenvalue weighted by Gasteiger charge is 2.15. The molecule has 10 nitrogen and oxygen atoms in total. The lowest BCUT2D eigenvalue weighted by Gasteiger charge is -2.00. The van der Waals surface area contributed by atoms with E-state index in [2.05, 4.69) is 10.0 Å². The maximum absolute atomic E-state index is 11.2. The lowest BCUT2D eigenvalue weighted by molar-refractivity contribution is -0.548. The van der Waals surface area contributed by atoms with E-state index in [1.165, 1.54) is 0 Å². The molecule has 1 heterocycles. The molecular weight excluding hydrogens is 208 g/mol. The van der Waals surface area contributed by atoms with Gasteiger partial charge in [0.1, 0.15) is 5.82 Å². The fourth-order valence-electron chi connectivity index (χ4n) is 0.895. The van der Waals surface area contributed by atoms with Crippen LogP contribution in [0.2, 0.25) is 0 Å². The molecule has 15 heavy (non-hydrogen) atoms. The van der Waals surface area contributed by atoms with Gasteiger partial charge in [0, 0.05) is 22.7 Å². The maximum atomic E-state index is 11.2.